The summed E-state index contributed by atoms with van der Waals surface area (Å²) in [7, 11) is -0.896. The first-order valence-electron chi connectivity index (χ1n) is 7.52. The summed E-state index contributed by atoms with van der Waals surface area (Å²) in [6.07, 6.45) is 7.39. The molecule has 1 spiro atoms. The van der Waals surface area contributed by atoms with E-state index < -0.39 is 10.8 Å². The van der Waals surface area contributed by atoms with Gasteiger partial charge in [0.1, 0.15) is 0 Å². The second-order valence-corrected chi connectivity index (χ2v) is 7.81. The van der Waals surface area contributed by atoms with Gasteiger partial charge in [-0.15, -0.1) is 0 Å². The van der Waals surface area contributed by atoms with Gasteiger partial charge in [-0.05, 0) is 43.5 Å². The highest BCUT2D eigenvalue weighted by Crippen LogP contribution is 2.63. The molecule has 1 aliphatic heterocycles. The summed E-state index contributed by atoms with van der Waals surface area (Å²) in [6.45, 7) is 0.934. The first-order valence-corrected chi connectivity index (χ1v) is 9.08. The number of nitrogens with one attached hydrogen (secondary N) is 1. The van der Waals surface area contributed by atoms with E-state index in [1.165, 1.54) is 25.7 Å². The van der Waals surface area contributed by atoms with Gasteiger partial charge in [0.05, 0.1) is 6.10 Å². The Labute approximate surface area is 122 Å². The molecule has 2 saturated carbocycles. The van der Waals surface area contributed by atoms with Crippen LogP contribution in [0.5, 0.6) is 0 Å². The predicted molar refractivity (Wildman–Crippen MR) is 80.3 cm³/mol. The zero-order valence-corrected chi connectivity index (χ0v) is 12.6. The van der Waals surface area contributed by atoms with Crippen LogP contribution < -0.4 is 5.32 Å². The van der Waals surface area contributed by atoms with Crippen molar-refractivity contribution in [2.24, 2.45) is 11.3 Å². The molecule has 3 aliphatic rings. The van der Waals surface area contributed by atoms with Gasteiger partial charge in [0.2, 0.25) is 0 Å². The van der Waals surface area contributed by atoms with Crippen LogP contribution in [0.4, 0.5) is 5.69 Å². The van der Waals surface area contributed by atoms with E-state index in [1.807, 2.05) is 12.1 Å². The van der Waals surface area contributed by atoms with Crippen molar-refractivity contribution < 1.29 is 8.95 Å². The number of hydrogen-bond acceptors (Lipinski definition) is 3. The number of fused-ring (bicyclic) bond motifs is 2. The number of rotatable bonds is 3. The molecule has 3 fully saturated rings. The molecule has 1 saturated heterocycles. The van der Waals surface area contributed by atoms with E-state index in [-0.39, 0.29) is 0 Å². The van der Waals surface area contributed by atoms with Crippen LogP contribution in [0.25, 0.3) is 0 Å². The molecule has 4 atom stereocenters. The third-order valence-electron chi connectivity index (χ3n) is 5.54. The monoisotopic (exact) mass is 291 g/mol. The number of hydrogen-bond donors (Lipinski definition) is 1. The lowest BCUT2D eigenvalue weighted by Gasteiger charge is -2.63. The fraction of sp³-hybridized carbons (Fsp3) is 0.625. The predicted octanol–water partition coefficient (Wildman–Crippen LogP) is 2.79. The van der Waals surface area contributed by atoms with Crippen LogP contribution >= 0.6 is 0 Å². The third kappa shape index (κ3) is 1.70. The lowest BCUT2D eigenvalue weighted by atomic mass is 9.46. The molecular weight excluding hydrogens is 270 g/mol. The largest absolute Gasteiger partial charge is 0.381 e. The molecule has 0 unspecified atom stereocenters. The van der Waals surface area contributed by atoms with E-state index in [0.717, 1.165) is 17.2 Å². The Morgan fingerprint density at radius 2 is 2.05 bits per heavy atom. The fourth-order valence-electron chi connectivity index (χ4n) is 4.38. The Kier molecular flexibility index (Phi) is 2.93. The summed E-state index contributed by atoms with van der Waals surface area (Å²) in [5.41, 5.74) is 1.56. The molecule has 1 N–H and O–H groups in total. The molecule has 0 amide bonds. The molecular formula is C16H21NO2S. The van der Waals surface area contributed by atoms with Crippen molar-refractivity contribution >= 4 is 16.5 Å². The van der Waals surface area contributed by atoms with Crippen molar-refractivity contribution in [2.75, 3.05) is 18.2 Å². The van der Waals surface area contributed by atoms with E-state index in [4.69, 9.17) is 4.74 Å². The summed E-state index contributed by atoms with van der Waals surface area (Å²) < 4.78 is 17.4. The van der Waals surface area contributed by atoms with Crippen LogP contribution in [0, 0.1) is 11.3 Å². The zero-order chi connectivity index (χ0) is 13.7. The Morgan fingerprint density at radius 3 is 2.65 bits per heavy atom. The van der Waals surface area contributed by atoms with Crippen LogP contribution in [0.3, 0.4) is 0 Å². The molecule has 3 nitrogen and oxygen atoms in total. The Morgan fingerprint density at radius 1 is 1.30 bits per heavy atom. The highest BCUT2D eigenvalue weighted by Gasteiger charge is 2.66. The van der Waals surface area contributed by atoms with Gasteiger partial charge >= 0.3 is 0 Å². The molecule has 2 aliphatic carbocycles. The third-order valence-corrected chi connectivity index (χ3v) is 6.48. The van der Waals surface area contributed by atoms with Crippen molar-refractivity contribution in [3.05, 3.63) is 24.3 Å². The highest BCUT2D eigenvalue weighted by atomic mass is 32.2. The second-order valence-electron chi connectivity index (χ2n) is 6.43. The summed E-state index contributed by atoms with van der Waals surface area (Å²) in [6, 6.07) is 8.63. The van der Waals surface area contributed by atoms with E-state index >= 15 is 0 Å². The molecule has 1 aromatic carbocycles. The van der Waals surface area contributed by atoms with Gasteiger partial charge in [-0.2, -0.15) is 0 Å². The Balaban J connectivity index is 1.52. The van der Waals surface area contributed by atoms with Gasteiger partial charge in [-0.25, -0.2) is 0 Å². The van der Waals surface area contributed by atoms with E-state index in [1.54, 1.807) is 6.26 Å². The minimum atomic E-state index is -0.896. The number of ether oxygens (including phenoxy) is 1. The quantitative estimate of drug-likeness (QED) is 0.930. The van der Waals surface area contributed by atoms with Crippen LogP contribution in [0.15, 0.2) is 29.2 Å². The molecule has 0 aromatic heterocycles. The lowest BCUT2D eigenvalue weighted by molar-refractivity contribution is -0.158. The molecule has 4 rings (SSSR count). The van der Waals surface area contributed by atoms with E-state index in [0.29, 0.717) is 23.5 Å². The number of anilines is 1. The van der Waals surface area contributed by atoms with Crippen molar-refractivity contribution in [1.29, 1.82) is 0 Å². The first-order chi connectivity index (χ1) is 9.71. The molecule has 108 valence electrons. The maximum absolute atomic E-state index is 11.4. The van der Waals surface area contributed by atoms with Gasteiger partial charge < -0.3 is 10.1 Å². The van der Waals surface area contributed by atoms with Crippen molar-refractivity contribution in [1.82, 2.24) is 0 Å². The Bertz CT molecular complexity index is 538. The topological polar surface area (TPSA) is 38.3 Å². The highest BCUT2D eigenvalue weighted by molar-refractivity contribution is 7.84. The van der Waals surface area contributed by atoms with Crippen LogP contribution in [-0.4, -0.2) is 29.2 Å². The van der Waals surface area contributed by atoms with Crippen molar-refractivity contribution in [2.45, 2.75) is 42.7 Å². The average Bonchev–Trinajstić information content (AvgIpc) is 2.80. The summed E-state index contributed by atoms with van der Waals surface area (Å²) in [5.74, 6) is 0.690. The van der Waals surface area contributed by atoms with Gasteiger partial charge in [-0.3, -0.25) is 4.21 Å². The van der Waals surface area contributed by atoms with Crippen LogP contribution in [0.1, 0.15) is 25.7 Å². The standard InChI is InChI=1S/C16H21NO2S/c1-20(18)12-5-3-11(4-6-12)17-14-13-7-10-19-15(13)16(14)8-2-9-16/h3-6,13-15,17H,2,7-10H2,1H3/t13-,14+,15+,20-/m0/s1. The van der Waals surface area contributed by atoms with Crippen molar-refractivity contribution in [3.8, 4) is 0 Å². The second kappa shape index (κ2) is 4.57. The number of benzene rings is 1. The molecule has 0 radical (unpaired) electrons. The fourth-order valence-corrected chi connectivity index (χ4v) is 4.90. The molecule has 1 heterocycles. The molecule has 1 aromatic rings. The average molecular weight is 291 g/mol. The smallest absolute Gasteiger partial charge is 0.0699 e. The lowest BCUT2D eigenvalue weighted by Crippen LogP contribution is -2.68. The minimum absolute atomic E-state index is 0.410. The summed E-state index contributed by atoms with van der Waals surface area (Å²) in [5, 5.41) is 3.73. The van der Waals surface area contributed by atoms with Crippen LogP contribution in [-0.2, 0) is 15.5 Å². The van der Waals surface area contributed by atoms with Crippen molar-refractivity contribution in [3.63, 3.8) is 0 Å². The minimum Gasteiger partial charge on any atom is -0.381 e. The SMILES string of the molecule is C[S@](=O)c1ccc(N[C@@H]2[C@@H]3CCO[C@H]3C23CCC3)cc1. The summed E-state index contributed by atoms with van der Waals surface area (Å²) >= 11 is 0. The van der Waals surface area contributed by atoms with Gasteiger partial charge in [-0.1, -0.05) is 6.42 Å². The maximum atomic E-state index is 11.4. The Hall–Kier alpha value is -0.870. The van der Waals surface area contributed by atoms with E-state index in [9.17, 15) is 4.21 Å². The zero-order valence-electron chi connectivity index (χ0n) is 11.8. The molecule has 20 heavy (non-hydrogen) atoms. The first kappa shape index (κ1) is 12.8. The normalized spacial score (nSPS) is 35.0. The van der Waals surface area contributed by atoms with Gasteiger partial charge in [0.25, 0.3) is 0 Å². The molecule has 4 heteroatoms. The van der Waals surface area contributed by atoms with Gasteiger partial charge in [0, 0.05) is 51.6 Å². The van der Waals surface area contributed by atoms with Crippen LogP contribution in [0.2, 0.25) is 0 Å². The van der Waals surface area contributed by atoms with E-state index in [2.05, 4.69) is 17.4 Å². The summed E-state index contributed by atoms with van der Waals surface area (Å²) in [4.78, 5) is 0.893. The molecule has 0 bridgehead atoms. The maximum Gasteiger partial charge on any atom is 0.0699 e. The van der Waals surface area contributed by atoms with Gasteiger partial charge in [0.15, 0.2) is 0 Å².